The number of nitrogens with two attached hydrogens (primary N) is 1. The van der Waals surface area contributed by atoms with Crippen LogP contribution in [0.4, 0.5) is 0 Å². The van der Waals surface area contributed by atoms with E-state index in [4.69, 9.17) is 5.73 Å². The minimum Gasteiger partial charge on any atom is -0.346 e. The van der Waals surface area contributed by atoms with Crippen molar-refractivity contribution in [1.29, 1.82) is 0 Å². The smallest absolute Gasteiger partial charge is 0.0484 e. The Morgan fingerprint density at radius 2 is 1.85 bits per heavy atom. The van der Waals surface area contributed by atoms with Gasteiger partial charge in [-0.25, -0.2) is 0 Å². The zero-order valence-corrected chi connectivity index (χ0v) is 13.0. The summed E-state index contributed by atoms with van der Waals surface area (Å²) in [6.45, 7) is 0.560. The van der Waals surface area contributed by atoms with Crippen LogP contribution in [0.1, 0.15) is 16.8 Å². The normalized spacial score (nSPS) is 11.2. The maximum absolute atomic E-state index is 5.97. The molecule has 0 amide bonds. The first-order valence-corrected chi connectivity index (χ1v) is 7.49. The molecule has 1 heterocycles. The summed E-state index contributed by atoms with van der Waals surface area (Å²) in [6.07, 6.45) is 0.918. The van der Waals surface area contributed by atoms with Gasteiger partial charge in [0.15, 0.2) is 0 Å². The van der Waals surface area contributed by atoms with Crippen LogP contribution in [0.25, 0.3) is 10.9 Å². The van der Waals surface area contributed by atoms with Crippen molar-refractivity contribution >= 4 is 26.8 Å². The molecule has 0 bridgehead atoms. The van der Waals surface area contributed by atoms with Crippen LogP contribution < -0.4 is 5.73 Å². The Morgan fingerprint density at radius 1 is 1.10 bits per heavy atom. The molecule has 1 aromatic heterocycles. The summed E-state index contributed by atoms with van der Waals surface area (Å²) in [7, 11) is 2.09. The van der Waals surface area contributed by atoms with Crippen molar-refractivity contribution in [1.82, 2.24) is 4.57 Å². The van der Waals surface area contributed by atoms with Crippen molar-refractivity contribution in [3.63, 3.8) is 0 Å². The molecular formula is C17H17BrN2. The van der Waals surface area contributed by atoms with E-state index in [0.717, 1.165) is 10.9 Å². The van der Waals surface area contributed by atoms with Crippen LogP contribution in [0.2, 0.25) is 0 Å². The van der Waals surface area contributed by atoms with E-state index in [2.05, 4.69) is 70.0 Å². The van der Waals surface area contributed by atoms with Crippen molar-refractivity contribution in [3.8, 4) is 0 Å². The van der Waals surface area contributed by atoms with Gasteiger partial charge in [0.05, 0.1) is 0 Å². The zero-order valence-electron chi connectivity index (χ0n) is 11.4. The molecule has 0 saturated heterocycles. The van der Waals surface area contributed by atoms with Crippen LogP contribution in [0.5, 0.6) is 0 Å². The molecule has 3 aromatic rings. The number of aromatic nitrogens is 1. The van der Waals surface area contributed by atoms with Gasteiger partial charge in [-0.15, -0.1) is 0 Å². The second-order valence-electron chi connectivity index (χ2n) is 5.01. The topological polar surface area (TPSA) is 30.9 Å². The Kier molecular flexibility index (Phi) is 3.64. The Hall–Kier alpha value is -1.58. The number of halogens is 1. The number of hydrogen-bond donors (Lipinski definition) is 1. The molecule has 0 unspecified atom stereocenters. The fourth-order valence-corrected chi connectivity index (χ4v) is 3.16. The third-order valence-electron chi connectivity index (χ3n) is 3.82. The quantitative estimate of drug-likeness (QED) is 0.774. The molecule has 0 aliphatic rings. The highest BCUT2D eigenvalue weighted by molar-refractivity contribution is 9.10. The molecule has 0 aliphatic carbocycles. The highest BCUT2D eigenvalue weighted by Gasteiger charge is 2.14. The number of aryl methyl sites for hydroxylation is 1. The monoisotopic (exact) mass is 328 g/mol. The van der Waals surface area contributed by atoms with Gasteiger partial charge in [-0.3, -0.25) is 0 Å². The lowest BCUT2D eigenvalue weighted by Crippen LogP contribution is -2.06. The number of benzene rings is 2. The molecule has 0 aliphatic heterocycles. The van der Waals surface area contributed by atoms with Crippen LogP contribution in [-0.2, 0) is 20.0 Å². The van der Waals surface area contributed by atoms with Crippen molar-refractivity contribution in [3.05, 3.63) is 69.8 Å². The fourth-order valence-electron chi connectivity index (χ4n) is 2.80. The molecule has 2 aromatic carbocycles. The van der Waals surface area contributed by atoms with Crippen LogP contribution in [0.3, 0.4) is 0 Å². The lowest BCUT2D eigenvalue weighted by atomic mass is 10.0. The molecule has 3 rings (SSSR count). The van der Waals surface area contributed by atoms with Gasteiger partial charge in [-0.05, 0) is 35.7 Å². The van der Waals surface area contributed by atoms with E-state index in [1.165, 1.54) is 27.7 Å². The van der Waals surface area contributed by atoms with Gasteiger partial charge in [0.25, 0.3) is 0 Å². The number of fused-ring (bicyclic) bond motifs is 1. The lowest BCUT2D eigenvalue weighted by Gasteiger charge is -2.05. The minimum atomic E-state index is 0.560. The molecule has 3 heteroatoms. The summed E-state index contributed by atoms with van der Waals surface area (Å²) in [5.41, 5.74) is 11.1. The van der Waals surface area contributed by atoms with Gasteiger partial charge in [0, 0.05) is 34.7 Å². The second kappa shape index (κ2) is 5.43. The number of nitrogens with zero attached hydrogens (tertiary/aromatic N) is 1. The maximum Gasteiger partial charge on any atom is 0.0484 e. The SMILES string of the molecule is Cn1c(CN)c(Cc2ccccc2)c2cc(Br)ccc21. The average Bonchev–Trinajstić information content (AvgIpc) is 2.72. The zero-order chi connectivity index (χ0) is 14.1. The number of hydrogen-bond acceptors (Lipinski definition) is 1. The maximum atomic E-state index is 5.97. The second-order valence-corrected chi connectivity index (χ2v) is 5.93. The Morgan fingerprint density at radius 3 is 2.55 bits per heavy atom. The molecule has 0 radical (unpaired) electrons. The van der Waals surface area contributed by atoms with E-state index in [9.17, 15) is 0 Å². The van der Waals surface area contributed by atoms with E-state index in [1.54, 1.807) is 0 Å². The van der Waals surface area contributed by atoms with Crippen LogP contribution >= 0.6 is 15.9 Å². The van der Waals surface area contributed by atoms with E-state index >= 15 is 0 Å². The summed E-state index contributed by atoms with van der Waals surface area (Å²) >= 11 is 3.57. The predicted molar refractivity (Wildman–Crippen MR) is 87.8 cm³/mol. The summed E-state index contributed by atoms with van der Waals surface area (Å²) in [5, 5.41) is 1.28. The largest absolute Gasteiger partial charge is 0.346 e. The van der Waals surface area contributed by atoms with Gasteiger partial charge < -0.3 is 10.3 Å². The molecule has 0 fully saturated rings. The van der Waals surface area contributed by atoms with Gasteiger partial charge in [0.2, 0.25) is 0 Å². The van der Waals surface area contributed by atoms with Crippen molar-refractivity contribution in [2.75, 3.05) is 0 Å². The minimum absolute atomic E-state index is 0.560. The van der Waals surface area contributed by atoms with Crippen LogP contribution in [0.15, 0.2) is 53.0 Å². The first-order chi connectivity index (χ1) is 9.70. The summed E-state index contributed by atoms with van der Waals surface area (Å²) < 4.78 is 3.31. The third kappa shape index (κ3) is 2.28. The summed E-state index contributed by atoms with van der Waals surface area (Å²) in [6, 6.07) is 17.0. The van der Waals surface area contributed by atoms with Gasteiger partial charge >= 0.3 is 0 Å². The highest BCUT2D eigenvalue weighted by Crippen LogP contribution is 2.29. The Bertz CT molecular complexity index is 745. The van der Waals surface area contributed by atoms with Gasteiger partial charge in [-0.1, -0.05) is 46.3 Å². The standard InChI is InChI=1S/C17H17BrN2/c1-20-16-8-7-13(18)10-15(16)14(17(20)11-19)9-12-5-3-2-4-6-12/h2-8,10H,9,11,19H2,1H3. The summed E-state index contributed by atoms with van der Waals surface area (Å²) in [5.74, 6) is 0. The first-order valence-electron chi connectivity index (χ1n) is 6.70. The van der Waals surface area contributed by atoms with Crippen LogP contribution in [0, 0.1) is 0 Å². The van der Waals surface area contributed by atoms with Crippen molar-refractivity contribution in [2.45, 2.75) is 13.0 Å². The molecule has 102 valence electrons. The summed E-state index contributed by atoms with van der Waals surface area (Å²) in [4.78, 5) is 0. The molecule has 0 spiro atoms. The molecule has 0 atom stereocenters. The van der Waals surface area contributed by atoms with Crippen molar-refractivity contribution < 1.29 is 0 Å². The van der Waals surface area contributed by atoms with Gasteiger partial charge in [0.1, 0.15) is 0 Å². The van der Waals surface area contributed by atoms with E-state index in [1.807, 2.05) is 6.07 Å². The Balaban J connectivity index is 2.20. The van der Waals surface area contributed by atoms with Crippen molar-refractivity contribution in [2.24, 2.45) is 12.8 Å². The average molecular weight is 329 g/mol. The first kappa shape index (κ1) is 13.4. The lowest BCUT2D eigenvalue weighted by molar-refractivity contribution is 0.834. The third-order valence-corrected chi connectivity index (χ3v) is 4.31. The Labute approximate surface area is 127 Å². The van der Waals surface area contributed by atoms with Crippen LogP contribution in [-0.4, -0.2) is 4.57 Å². The van der Waals surface area contributed by atoms with E-state index in [0.29, 0.717) is 6.54 Å². The van der Waals surface area contributed by atoms with Gasteiger partial charge in [-0.2, -0.15) is 0 Å². The predicted octanol–water partition coefficient (Wildman–Crippen LogP) is 3.99. The number of rotatable bonds is 3. The molecular weight excluding hydrogens is 312 g/mol. The molecule has 20 heavy (non-hydrogen) atoms. The van der Waals surface area contributed by atoms with E-state index in [-0.39, 0.29) is 0 Å². The molecule has 0 saturated carbocycles. The fraction of sp³-hybridized carbons (Fsp3) is 0.176. The molecule has 2 nitrogen and oxygen atoms in total. The van der Waals surface area contributed by atoms with E-state index < -0.39 is 0 Å². The highest BCUT2D eigenvalue weighted by atomic mass is 79.9. The molecule has 2 N–H and O–H groups in total.